The SMILES string of the molecule is O=C(Nc1ccc2cc(SOOO)ccc2c1)c1cccc(C(=O)Nc2ccc3cc(S(=O)(=O)O)ccc3c2)n1. The standard InChI is InChI=1S/C27H19N3O8S2/c31-26(28-20-8-4-18-14-22(39-38-37-33)10-6-16(18)12-20)24-2-1-3-25(30-24)27(32)29-21-9-5-19-15-23(40(34,35)36)11-7-17(19)13-21/h1-15,33H,(H,28,31)(H,29,32)(H,34,35,36). The molecule has 2 amide bonds. The zero-order valence-corrected chi connectivity index (χ0v) is 21.9. The van der Waals surface area contributed by atoms with Gasteiger partial charge in [-0.25, -0.2) is 10.2 Å². The predicted octanol–water partition coefficient (Wildman–Crippen LogP) is 5.57. The summed E-state index contributed by atoms with van der Waals surface area (Å²) in [6, 6.07) is 24.2. The molecule has 0 spiro atoms. The lowest BCUT2D eigenvalue weighted by molar-refractivity contribution is -0.432. The van der Waals surface area contributed by atoms with E-state index < -0.39 is 21.9 Å². The van der Waals surface area contributed by atoms with Gasteiger partial charge in [-0.2, -0.15) is 8.42 Å². The highest BCUT2D eigenvalue weighted by Crippen LogP contribution is 2.27. The molecule has 0 fully saturated rings. The van der Waals surface area contributed by atoms with Crippen molar-refractivity contribution in [1.82, 2.24) is 4.98 Å². The second-order valence-corrected chi connectivity index (χ2v) is 10.7. The summed E-state index contributed by atoms with van der Waals surface area (Å²) in [6.45, 7) is 0. The van der Waals surface area contributed by atoms with Gasteiger partial charge in [0.05, 0.1) is 16.9 Å². The number of aromatic nitrogens is 1. The Hall–Kier alpha value is -4.37. The summed E-state index contributed by atoms with van der Waals surface area (Å²) in [4.78, 5) is 30.4. The lowest BCUT2D eigenvalue weighted by atomic mass is 10.1. The highest BCUT2D eigenvalue weighted by molar-refractivity contribution is 7.94. The molecule has 0 atom stereocenters. The molecule has 0 aliphatic carbocycles. The van der Waals surface area contributed by atoms with Crippen molar-refractivity contribution < 1.29 is 37.2 Å². The molecule has 0 bridgehead atoms. The van der Waals surface area contributed by atoms with E-state index in [1.807, 2.05) is 12.1 Å². The smallest absolute Gasteiger partial charge is 0.294 e. The Morgan fingerprint density at radius 3 is 1.82 bits per heavy atom. The number of anilines is 2. The van der Waals surface area contributed by atoms with E-state index in [1.165, 1.54) is 30.3 Å². The Balaban J connectivity index is 1.28. The molecule has 0 saturated heterocycles. The van der Waals surface area contributed by atoms with Gasteiger partial charge < -0.3 is 10.6 Å². The second-order valence-electron chi connectivity index (χ2n) is 8.46. The molecular weight excluding hydrogens is 558 g/mol. The first kappa shape index (κ1) is 27.2. The number of carbonyl (C=O) groups is 2. The van der Waals surface area contributed by atoms with Crippen molar-refractivity contribution in [3.05, 3.63) is 102 Å². The van der Waals surface area contributed by atoms with E-state index in [4.69, 9.17) is 5.26 Å². The van der Waals surface area contributed by atoms with Gasteiger partial charge in [0.25, 0.3) is 21.9 Å². The monoisotopic (exact) mass is 577 g/mol. The Morgan fingerprint density at radius 1 is 0.725 bits per heavy atom. The van der Waals surface area contributed by atoms with Crippen LogP contribution in [-0.2, 0) is 19.5 Å². The Bertz CT molecular complexity index is 1880. The number of carbonyl (C=O) groups excluding carboxylic acids is 2. The second kappa shape index (κ2) is 11.4. The summed E-state index contributed by atoms with van der Waals surface area (Å²) < 4.78 is 36.4. The van der Waals surface area contributed by atoms with Crippen molar-refractivity contribution in [3.8, 4) is 0 Å². The van der Waals surface area contributed by atoms with E-state index in [1.54, 1.807) is 48.5 Å². The van der Waals surface area contributed by atoms with Gasteiger partial charge in [0, 0.05) is 16.3 Å². The van der Waals surface area contributed by atoms with E-state index in [-0.39, 0.29) is 16.3 Å². The number of amides is 2. The lowest BCUT2D eigenvalue weighted by Gasteiger charge is -2.09. The molecule has 0 unspecified atom stereocenters. The van der Waals surface area contributed by atoms with Crippen LogP contribution in [0.1, 0.15) is 21.0 Å². The summed E-state index contributed by atoms with van der Waals surface area (Å²) in [7, 11) is -4.33. The van der Waals surface area contributed by atoms with Crippen molar-refractivity contribution in [3.63, 3.8) is 0 Å². The van der Waals surface area contributed by atoms with Crippen LogP contribution in [0.25, 0.3) is 21.5 Å². The highest BCUT2D eigenvalue weighted by Gasteiger charge is 2.15. The molecule has 4 N–H and O–H groups in total. The number of hydrogen-bond acceptors (Lipinski definition) is 9. The summed E-state index contributed by atoms with van der Waals surface area (Å²) in [6.07, 6.45) is 0. The van der Waals surface area contributed by atoms with E-state index in [0.717, 1.165) is 22.8 Å². The van der Waals surface area contributed by atoms with Gasteiger partial charge in [0.15, 0.2) is 0 Å². The van der Waals surface area contributed by atoms with Gasteiger partial charge in [-0.3, -0.25) is 14.1 Å². The average molecular weight is 578 g/mol. The van der Waals surface area contributed by atoms with Crippen LogP contribution >= 0.6 is 12.0 Å². The molecule has 0 radical (unpaired) electrons. The summed E-state index contributed by atoms with van der Waals surface area (Å²) in [5, 5.41) is 20.3. The van der Waals surface area contributed by atoms with Crippen LogP contribution in [0.2, 0.25) is 0 Å². The fraction of sp³-hybridized carbons (Fsp3) is 0. The minimum Gasteiger partial charge on any atom is -0.321 e. The number of fused-ring (bicyclic) bond motifs is 2. The van der Waals surface area contributed by atoms with Crippen molar-refractivity contribution >= 4 is 66.9 Å². The molecule has 0 saturated carbocycles. The van der Waals surface area contributed by atoms with E-state index in [9.17, 15) is 22.6 Å². The van der Waals surface area contributed by atoms with Gasteiger partial charge in [0.2, 0.25) is 0 Å². The minimum absolute atomic E-state index is 0.0205. The number of benzene rings is 4. The number of nitrogens with one attached hydrogen (secondary N) is 2. The normalized spacial score (nSPS) is 11.4. The van der Waals surface area contributed by atoms with Crippen molar-refractivity contribution in [2.24, 2.45) is 0 Å². The van der Waals surface area contributed by atoms with Crippen LogP contribution in [0.15, 0.2) is 101 Å². The van der Waals surface area contributed by atoms with Crippen LogP contribution in [0, 0.1) is 0 Å². The molecule has 0 aliphatic heterocycles. The lowest BCUT2D eigenvalue weighted by Crippen LogP contribution is -2.18. The highest BCUT2D eigenvalue weighted by atomic mass is 32.2. The van der Waals surface area contributed by atoms with Crippen LogP contribution in [0.5, 0.6) is 0 Å². The number of rotatable bonds is 8. The molecular formula is C27H19N3O8S2. The quantitative estimate of drug-likeness (QED) is 0.0793. The van der Waals surface area contributed by atoms with E-state index in [0.29, 0.717) is 27.0 Å². The third-order valence-corrected chi connectivity index (χ3v) is 7.24. The van der Waals surface area contributed by atoms with Gasteiger partial charge in [-0.1, -0.05) is 35.4 Å². The molecule has 0 aliphatic rings. The Kier molecular flexibility index (Phi) is 7.75. The third-order valence-electron chi connectivity index (χ3n) is 5.81. The molecule has 11 nitrogen and oxygen atoms in total. The maximum absolute atomic E-state index is 12.9. The molecule has 5 aromatic rings. The largest absolute Gasteiger partial charge is 0.321 e. The summed E-state index contributed by atoms with van der Waals surface area (Å²) in [5.41, 5.74) is 1.02. The van der Waals surface area contributed by atoms with Crippen LogP contribution in [0.4, 0.5) is 11.4 Å². The van der Waals surface area contributed by atoms with Crippen LogP contribution < -0.4 is 10.6 Å². The first-order valence-corrected chi connectivity index (χ1v) is 13.7. The molecule has 40 heavy (non-hydrogen) atoms. The predicted molar refractivity (Wildman–Crippen MR) is 149 cm³/mol. The van der Waals surface area contributed by atoms with Gasteiger partial charge >= 0.3 is 0 Å². The maximum atomic E-state index is 12.9. The summed E-state index contributed by atoms with van der Waals surface area (Å²) in [5.74, 6) is -1.05. The molecule has 5 rings (SSSR count). The number of nitrogens with zero attached hydrogens (tertiary/aromatic N) is 1. The zero-order chi connectivity index (χ0) is 28.3. The Morgan fingerprint density at radius 2 is 1.25 bits per heavy atom. The van der Waals surface area contributed by atoms with Crippen LogP contribution in [-0.4, -0.2) is 35.0 Å². The third kappa shape index (κ3) is 6.26. The number of pyridine rings is 1. The number of hydrogen-bond donors (Lipinski definition) is 4. The first-order valence-electron chi connectivity index (χ1n) is 11.5. The average Bonchev–Trinajstić information content (AvgIpc) is 2.95. The van der Waals surface area contributed by atoms with Crippen molar-refractivity contribution in [2.45, 2.75) is 9.79 Å². The van der Waals surface area contributed by atoms with Gasteiger partial charge in [-0.05, 0) is 82.2 Å². The van der Waals surface area contributed by atoms with E-state index in [2.05, 4.69) is 25.0 Å². The van der Waals surface area contributed by atoms with Crippen LogP contribution in [0.3, 0.4) is 0 Å². The fourth-order valence-electron chi connectivity index (χ4n) is 3.95. The molecule has 4 aromatic carbocycles. The molecule has 202 valence electrons. The van der Waals surface area contributed by atoms with Gasteiger partial charge in [0.1, 0.15) is 11.4 Å². The zero-order valence-electron chi connectivity index (χ0n) is 20.3. The summed E-state index contributed by atoms with van der Waals surface area (Å²) >= 11 is 0.842. The maximum Gasteiger partial charge on any atom is 0.294 e. The molecule has 13 heteroatoms. The molecule has 1 heterocycles. The Labute approximate surface area is 231 Å². The topological polar surface area (TPSA) is 164 Å². The van der Waals surface area contributed by atoms with Gasteiger partial charge in [-0.15, -0.1) is 4.33 Å². The molecule has 1 aromatic heterocycles. The van der Waals surface area contributed by atoms with Crippen molar-refractivity contribution in [1.29, 1.82) is 0 Å². The first-order chi connectivity index (χ1) is 19.2. The minimum atomic E-state index is -4.33. The van der Waals surface area contributed by atoms with Crippen molar-refractivity contribution in [2.75, 3.05) is 10.6 Å². The van der Waals surface area contributed by atoms with E-state index >= 15 is 0 Å². The fourth-order valence-corrected chi connectivity index (χ4v) is 4.87.